The van der Waals surface area contributed by atoms with Crippen molar-refractivity contribution in [3.63, 3.8) is 0 Å². The Kier molecular flexibility index (Phi) is 2.68. The first-order chi connectivity index (χ1) is 7.02. The molecule has 0 unspecified atom stereocenters. The minimum absolute atomic E-state index is 0.129. The third kappa shape index (κ3) is 1.74. The lowest BCUT2D eigenvalue weighted by atomic mass is 9.76. The van der Waals surface area contributed by atoms with Gasteiger partial charge in [0.05, 0.1) is 0 Å². The molecule has 0 atom stereocenters. The van der Waals surface area contributed by atoms with Gasteiger partial charge in [0.25, 0.3) is 0 Å². The molecule has 2 fully saturated rings. The minimum Gasteiger partial charge on any atom is -0.299 e. The van der Waals surface area contributed by atoms with Gasteiger partial charge in [-0.15, -0.1) is 0 Å². The number of carbonyl (C=O) groups excluding carboxylic acids is 1. The predicted octanol–water partition coefficient (Wildman–Crippen LogP) is 3.96. The molecule has 2 saturated carbocycles. The SMILES string of the molecule is CCC(=O)C12CCC(CC(C)C)(CC1)C2. The van der Waals surface area contributed by atoms with Crippen molar-refractivity contribution in [2.75, 3.05) is 0 Å². The fraction of sp³-hybridized carbons (Fsp3) is 0.929. The van der Waals surface area contributed by atoms with Gasteiger partial charge in [-0.1, -0.05) is 20.8 Å². The second-order valence-electron chi connectivity index (χ2n) is 6.33. The van der Waals surface area contributed by atoms with Gasteiger partial charge in [0.15, 0.2) is 0 Å². The van der Waals surface area contributed by atoms with Crippen LogP contribution in [-0.4, -0.2) is 5.78 Å². The molecule has 0 aromatic carbocycles. The van der Waals surface area contributed by atoms with Gasteiger partial charge >= 0.3 is 0 Å². The normalized spacial score (nSPS) is 38.9. The maximum Gasteiger partial charge on any atom is 0.138 e. The fourth-order valence-corrected chi connectivity index (χ4v) is 4.23. The Hall–Kier alpha value is -0.330. The van der Waals surface area contributed by atoms with Crippen molar-refractivity contribution in [3.8, 4) is 0 Å². The molecule has 1 nitrogen and oxygen atoms in total. The highest BCUT2D eigenvalue weighted by Gasteiger charge is 2.56. The Morgan fingerprint density at radius 3 is 2.27 bits per heavy atom. The summed E-state index contributed by atoms with van der Waals surface area (Å²) in [4.78, 5) is 12.0. The third-order valence-corrected chi connectivity index (χ3v) is 4.74. The molecule has 2 aliphatic carbocycles. The summed E-state index contributed by atoms with van der Waals surface area (Å²) >= 11 is 0. The van der Waals surface area contributed by atoms with E-state index in [4.69, 9.17) is 0 Å². The summed E-state index contributed by atoms with van der Waals surface area (Å²) in [6.45, 7) is 6.65. The third-order valence-electron chi connectivity index (χ3n) is 4.74. The summed E-state index contributed by atoms with van der Waals surface area (Å²) in [6.07, 6.45) is 8.31. The highest BCUT2D eigenvalue weighted by atomic mass is 16.1. The second-order valence-corrected chi connectivity index (χ2v) is 6.33. The molecule has 15 heavy (non-hydrogen) atoms. The summed E-state index contributed by atoms with van der Waals surface area (Å²) in [6, 6.07) is 0. The summed E-state index contributed by atoms with van der Waals surface area (Å²) < 4.78 is 0. The number of hydrogen-bond acceptors (Lipinski definition) is 1. The molecule has 0 amide bonds. The highest BCUT2D eigenvalue weighted by Crippen LogP contribution is 2.64. The fourth-order valence-electron chi connectivity index (χ4n) is 4.23. The van der Waals surface area contributed by atoms with E-state index >= 15 is 0 Å². The van der Waals surface area contributed by atoms with Crippen molar-refractivity contribution in [2.24, 2.45) is 16.7 Å². The highest BCUT2D eigenvalue weighted by molar-refractivity contribution is 5.85. The summed E-state index contributed by atoms with van der Waals surface area (Å²) in [5.41, 5.74) is 0.683. The van der Waals surface area contributed by atoms with Crippen LogP contribution in [0.3, 0.4) is 0 Å². The first kappa shape index (κ1) is 11.2. The molecule has 0 spiro atoms. The van der Waals surface area contributed by atoms with Gasteiger partial charge < -0.3 is 0 Å². The van der Waals surface area contributed by atoms with Crippen LogP contribution in [0, 0.1) is 16.7 Å². The Balaban J connectivity index is 2.10. The van der Waals surface area contributed by atoms with Crippen LogP contribution in [0.15, 0.2) is 0 Å². The molecule has 0 saturated heterocycles. The van der Waals surface area contributed by atoms with E-state index in [0.29, 0.717) is 11.2 Å². The molecular weight excluding hydrogens is 184 g/mol. The lowest BCUT2D eigenvalue weighted by Crippen LogP contribution is -2.25. The number of carbonyl (C=O) groups is 1. The Bertz CT molecular complexity index is 257. The number of fused-ring (bicyclic) bond motifs is 2. The van der Waals surface area contributed by atoms with Crippen molar-refractivity contribution >= 4 is 5.78 Å². The minimum atomic E-state index is 0.129. The van der Waals surface area contributed by atoms with Crippen LogP contribution in [-0.2, 0) is 4.79 Å². The van der Waals surface area contributed by atoms with E-state index < -0.39 is 0 Å². The van der Waals surface area contributed by atoms with E-state index in [2.05, 4.69) is 13.8 Å². The zero-order valence-corrected chi connectivity index (χ0v) is 10.4. The van der Waals surface area contributed by atoms with E-state index in [9.17, 15) is 4.79 Å². The molecule has 0 aliphatic heterocycles. The molecule has 0 radical (unpaired) electrons. The second kappa shape index (κ2) is 3.61. The van der Waals surface area contributed by atoms with Crippen molar-refractivity contribution in [1.82, 2.24) is 0 Å². The average Bonchev–Trinajstić information content (AvgIpc) is 2.71. The van der Waals surface area contributed by atoms with E-state index in [1.165, 1.54) is 38.5 Å². The zero-order valence-electron chi connectivity index (χ0n) is 10.4. The maximum atomic E-state index is 12.0. The summed E-state index contributed by atoms with van der Waals surface area (Å²) in [7, 11) is 0. The van der Waals surface area contributed by atoms with E-state index in [0.717, 1.165) is 12.3 Å². The number of Topliss-reactive ketones (excluding diaryl/α,β-unsaturated/α-hetero) is 1. The van der Waals surface area contributed by atoms with Crippen LogP contribution in [0.5, 0.6) is 0 Å². The van der Waals surface area contributed by atoms with Gasteiger partial charge in [0, 0.05) is 11.8 Å². The number of ketones is 1. The van der Waals surface area contributed by atoms with E-state index in [1.807, 2.05) is 6.92 Å². The number of hydrogen-bond donors (Lipinski definition) is 0. The van der Waals surface area contributed by atoms with Crippen molar-refractivity contribution in [1.29, 1.82) is 0 Å². The molecule has 2 aliphatic rings. The molecule has 0 heterocycles. The van der Waals surface area contributed by atoms with Crippen LogP contribution < -0.4 is 0 Å². The average molecular weight is 208 g/mol. The quantitative estimate of drug-likeness (QED) is 0.683. The molecule has 1 heteroatoms. The Morgan fingerprint density at radius 2 is 1.80 bits per heavy atom. The molecule has 86 valence electrons. The Morgan fingerprint density at radius 1 is 1.20 bits per heavy atom. The van der Waals surface area contributed by atoms with Crippen molar-refractivity contribution < 1.29 is 4.79 Å². The first-order valence-electron chi connectivity index (χ1n) is 6.55. The lowest BCUT2D eigenvalue weighted by Gasteiger charge is -2.28. The smallest absolute Gasteiger partial charge is 0.138 e. The molecule has 2 bridgehead atoms. The summed E-state index contributed by atoms with van der Waals surface area (Å²) in [5.74, 6) is 1.33. The van der Waals surface area contributed by atoms with E-state index in [-0.39, 0.29) is 5.41 Å². The van der Waals surface area contributed by atoms with Gasteiger partial charge in [0.1, 0.15) is 5.78 Å². The standard InChI is InChI=1S/C14H24O/c1-4-12(15)14-7-5-13(10-14,6-8-14)9-11(2)3/h11H,4-10H2,1-3H3. The maximum absolute atomic E-state index is 12.0. The molecule has 0 aromatic rings. The largest absolute Gasteiger partial charge is 0.299 e. The molecule has 0 N–H and O–H groups in total. The first-order valence-corrected chi connectivity index (χ1v) is 6.55. The molecule has 0 aromatic heterocycles. The molecule has 2 rings (SSSR count). The van der Waals surface area contributed by atoms with Crippen LogP contribution in [0.4, 0.5) is 0 Å². The van der Waals surface area contributed by atoms with Crippen molar-refractivity contribution in [2.45, 2.75) is 65.7 Å². The zero-order chi connectivity index (χ0) is 11.1. The monoisotopic (exact) mass is 208 g/mol. The summed E-state index contributed by atoms with van der Waals surface area (Å²) in [5, 5.41) is 0. The molecular formula is C14H24O. The van der Waals surface area contributed by atoms with E-state index in [1.54, 1.807) is 0 Å². The van der Waals surface area contributed by atoms with Gasteiger partial charge in [-0.2, -0.15) is 0 Å². The topological polar surface area (TPSA) is 17.1 Å². The number of rotatable bonds is 4. The van der Waals surface area contributed by atoms with Crippen LogP contribution in [0.25, 0.3) is 0 Å². The van der Waals surface area contributed by atoms with Crippen LogP contribution in [0.2, 0.25) is 0 Å². The van der Waals surface area contributed by atoms with Crippen LogP contribution >= 0.6 is 0 Å². The van der Waals surface area contributed by atoms with Crippen LogP contribution in [0.1, 0.15) is 65.7 Å². The van der Waals surface area contributed by atoms with Gasteiger partial charge in [-0.3, -0.25) is 4.79 Å². The Labute approximate surface area is 93.6 Å². The van der Waals surface area contributed by atoms with Gasteiger partial charge in [-0.25, -0.2) is 0 Å². The van der Waals surface area contributed by atoms with Gasteiger partial charge in [0.2, 0.25) is 0 Å². The van der Waals surface area contributed by atoms with Gasteiger partial charge in [-0.05, 0) is 49.9 Å². The lowest BCUT2D eigenvalue weighted by molar-refractivity contribution is -0.128. The predicted molar refractivity (Wildman–Crippen MR) is 62.7 cm³/mol. The van der Waals surface area contributed by atoms with Crippen molar-refractivity contribution in [3.05, 3.63) is 0 Å².